The number of esters is 1. The molecule has 4 saturated carbocycles. The van der Waals surface area contributed by atoms with Crippen LogP contribution in [0.2, 0.25) is 0 Å². The molecule has 0 saturated heterocycles. The van der Waals surface area contributed by atoms with E-state index >= 15 is 0 Å². The third-order valence-corrected chi connectivity index (χ3v) is 5.62. The molecule has 15 heavy (non-hydrogen) atoms. The lowest BCUT2D eigenvalue weighted by atomic mass is 9.74. The van der Waals surface area contributed by atoms with Gasteiger partial charge in [0.15, 0.2) is 0 Å². The summed E-state index contributed by atoms with van der Waals surface area (Å²) >= 11 is 0. The first-order chi connectivity index (χ1) is 7.30. The maximum atomic E-state index is 12.1. The Hall–Kier alpha value is -0.790. The van der Waals surface area contributed by atoms with Crippen molar-refractivity contribution < 1.29 is 9.53 Å². The summed E-state index contributed by atoms with van der Waals surface area (Å²) < 4.78 is 5.09. The zero-order valence-corrected chi connectivity index (χ0v) is 8.98. The average Bonchev–Trinajstić information content (AvgIpc) is 2.62. The van der Waals surface area contributed by atoms with Gasteiger partial charge in [-0.1, -0.05) is 12.2 Å². The van der Waals surface area contributed by atoms with E-state index in [9.17, 15) is 4.79 Å². The monoisotopic (exact) mass is 204 g/mol. The molecule has 5 rings (SSSR count). The van der Waals surface area contributed by atoms with Gasteiger partial charge in [0.2, 0.25) is 0 Å². The number of hydrogen-bond acceptors (Lipinski definition) is 2. The fraction of sp³-hybridized carbons (Fsp3) is 0.769. The molecule has 0 spiro atoms. The van der Waals surface area contributed by atoms with E-state index in [0.29, 0.717) is 11.8 Å². The van der Waals surface area contributed by atoms with E-state index in [-0.39, 0.29) is 11.4 Å². The van der Waals surface area contributed by atoms with Crippen molar-refractivity contribution in [2.24, 2.45) is 35.0 Å². The molecular weight excluding hydrogens is 188 g/mol. The summed E-state index contributed by atoms with van der Waals surface area (Å²) in [7, 11) is 1.55. The van der Waals surface area contributed by atoms with Crippen LogP contribution in [-0.4, -0.2) is 13.1 Å². The number of rotatable bonds is 1. The second-order valence-electron chi connectivity index (χ2n) is 5.72. The smallest absolute Gasteiger partial charge is 0.312 e. The highest BCUT2D eigenvalue weighted by Crippen LogP contribution is 2.82. The molecule has 0 N–H and O–H groups in total. The highest BCUT2D eigenvalue weighted by atomic mass is 16.5. The molecule has 5 aliphatic rings. The Morgan fingerprint density at radius 1 is 1.40 bits per heavy atom. The first-order valence-corrected chi connectivity index (χ1v) is 6.04. The van der Waals surface area contributed by atoms with E-state index in [1.54, 1.807) is 7.11 Å². The molecule has 2 nitrogen and oxygen atoms in total. The van der Waals surface area contributed by atoms with Gasteiger partial charge in [0.1, 0.15) is 0 Å². The van der Waals surface area contributed by atoms with Crippen LogP contribution >= 0.6 is 0 Å². The van der Waals surface area contributed by atoms with Crippen molar-refractivity contribution in [2.75, 3.05) is 7.11 Å². The third-order valence-electron chi connectivity index (χ3n) is 5.62. The lowest BCUT2D eigenvalue weighted by molar-refractivity contribution is -0.155. The van der Waals surface area contributed by atoms with Crippen molar-refractivity contribution in [3.05, 3.63) is 12.2 Å². The highest BCUT2D eigenvalue weighted by molar-refractivity contribution is 5.80. The van der Waals surface area contributed by atoms with Crippen LogP contribution in [0.5, 0.6) is 0 Å². The normalized spacial score (nSPS) is 57.8. The molecule has 0 aromatic heterocycles. The van der Waals surface area contributed by atoms with Crippen LogP contribution < -0.4 is 0 Å². The molecule has 0 amide bonds. The molecule has 0 aromatic carbocycles. The fourth-order valence-corrected chi connectivity index (χ4v) is 5.29. The van der Waals surface area contributed by atoms with Gasteiger partial charge in [-0.05, 0) is 48.9 Å². The summed E-state index contributed by atoms with van der Waals surface area (Å²) in [5, 5.41) is 0. The SMILES string of the molecule is COC(=O)[C@@]12CC=CC[C@@H]3[C@H]4[C@@H](C[C@@H]31)[C@H]42. The maximum Gasteiger partial charge on any atom is 0.312 e. The van der Waals surface area contributed by atoms with Gasteiger partial charge in [0, 0.05) is 0 Å². The average molecular weight is 204 g/mol. The number of carbonyl (C=O) groups excluding carboxylic acids is 1. The number of hydrogen-bond donors (Lipinski definition) is 0. The molecule has 4 fully saturated rings. The van der Waals surface area contributed by atoms with Crippen molar-refractivity contribution in [1.29, 1.82) is 0 Å². The van der Waals surface area contributed by atoms with Gasteiger partial charge in [-0.3, -0.25) is 4.79 Å². The molecule has 5 aliphatic carbocycles. The number of allylic oxidation sites excluding steroid dienone is 2. The van der Waals surface area contributed by atoms with Crippen molar-refractivity contribution >= 4 is 5.97 Å². The quantitative estimate of drug-likeness (QED) is 0.482. The van der Waals surface area contributed by atoms with Crippen molar-refractivity contribution in [3.63, 3.8) is 0 Å². The Labute approximate surface area is 89.7 Å². The molecule has 0 radical (unpaired) electrons. The van der Waals surface area contributed by atoms with Gasteiger partial charge in [-0.25, -0.2) is 0 Å². The first-order valence-electron chi connectivity index (χ1n) is 6.04. The largest absolute Gasteiger partial charge is 0.469 e. The maximum absolute atomic E-state index is 12.1. The van der Waals surface area contributed by atoms with Crippen molar-refractivity contribution in [2.45, 2.75) is 19.3 Å². The zero-order chi connectivity index (χ0) is 10.2. The van der Waals surface area contributed by atoms with Gasteiger partial charge in [-0.2, -0.15) is 0 Å². The molecule has 0 heterocycles. The van der Waals surface area contributed by atoms with Crippen LogP contribution in [0.4, 0.5) is 0 Å². The van der Waals surface area contributed by atoms with Crippen molar-refractivity contribution in [1.82, 2.24) is 0 Å². The van der Waals surface area contributed by atoms with Crippen LogP contribution in [-0.2, 0) is 9.53 Å². The van der Waals surface area contributed by atoms with E-state index in [1.807, 2.05) is 0 Å². The van der Waals surface area contributed by atoms with E-state index in [0.717, 1.165) is 24.2 Å². The standard InChI is InChI=1S/C13H16O2/c1-15-12(14)13-5-3-2-4-7-9(13)6-8-10(7)11(8)13/h2-3,7-11H,4-6H2,1H3/t7-,8+,9-,10-,11+,13-/m0/s1. The van der Waals surface area contributed by atoms with E-state index in [4.69, 9.17) is 4.74 Å². The third kappa shape index (κ3) is 0.685. The Morgan fingerprint density at radius 3 is 3.00 bits per heavy atom. The summed E-state index contributed by atoms with van der Waals surface area (Å²) in [6.45, 7) is 0. The molecule has 0 aromatic rings. The fourth-order valence-electron chi connectivity index (χ4n) is 5.29. The lowest BCUT2D eigenvalue weighted by Gasteiger charge is -2.30. The summed E-state index contributed by atoms with van der Waals surface area (Å²) in [6, 6.07) is 0. The molecule has 0 unspecified atom stereocenters. The van der Waals surface area contributed by atoms with Crippen LogP contribution in [0.25, 0.3) is 0 Å². The Bertz CT molecular complexity index is 373. The minimum atomic E-state index is -0.0955. The van der Waals surface area contributed by atoms with Crippen LogP contribution in [0, 0.1) is 35.0 Å². The number of carbonyl (C=O) groups is 1. The molecule has 0 aliphatic heterocycles. The summed E-state index contributed by atoms with van der Waals surface area (Å²) in [4.78, 5) is 12.1. The molecule has 6 bridgehead atoms. The van der Waals surface area contributed by atoms with Gasteiger partial charge in [0.05, 0.1) is 12.5 Å². The number of methoxy groups -OCH3 is 1. The predicted molar refractivity (Wildman–Crippen MR) is 54.9 cm³/mol. The minimum Gasteiger partial charge on any atom is -0.469 e. The van der Waals surface area contributed by atoms with Gasteiger partial charge in [-0.15, -0.1) is 0 Å². The highest BCUT2D eigenvalue weighted by Gasteiger charge is 2.81. The molecule has 6 atom stereocenters. The first kappa shape index (κ1) is 8.37. The Morgan fingerprint density at radius 2 is 2.27 bits per heavy atom. The van der Waals surface area contributed by atoms with Crippen molar-refractivity contribution in [3.8, 4) is 0 Å². The van der Waals surface area contributed by atoms with E-state index < -0.39 is 0 Å². The van der Waals surface area contributed by atoms with Crippen LogP contribution in [0.15, 0.2) is 12.2 Å². The second-order valence-corrected chi connectivity index (χ2v) is 5.72. The Kier molecular flexibility index (Phi) is 1.29. The van der Waals surface area contributed by atoms with Gasteiger partial charge in [0.25, 0.3) is 0 Å². The van der Waals surface area contributed by atoms with E-state index in [2.05, 4.69) is 12.2 Å². The molecule has 2 heteroatoms. The van der Waals surface area contributed by atoms with Crippen LogP contribution in [0.1, 0.15) is 19.3 Å². The summed E-state index contributed by atoms with van der Waals surface area (Å²) in [6.07, 6.45) is 7.97. The predicted octanol–water partition coefficient (Wildman–Crippen LogP) is 2.01. The topological polar surface area (TPSA) is 26.3 Å². The zero-order valence-electron chi connectivity index (χ0n) is 8.98. The Balaban J connectivity index is 1.85. The second kappa shape index (κ2) is 2.31. The van der Waals surface area contributed by atoms with Gasteiger partial charge >= 0.3 is 5.97 Å². The summed E-state index contributed by atoms with van der Waals surface area (Å²) in [5.74, 6) is 3.96. The van der Waals surface area contributed by atoms with Crippen LogP contribution in [0.3, 0.4) is 0 Å². The lowest BCUT2D eigenvalue weighted by Crippen LogP contribution is -2.36. The summed E-state index contributed by atoms with van der Waals surface area (Å²) in [5.41, 5.74) is -0.0955. The van der Waals surface area contributed by atoms with Gasteiger partial charge < -0.3 is 4.74 Å². The molecular formula is C13H16O2. The minimum absolute atomic E-state index is 0.0801. The molecule has 80 valence electrons. The number of ether oxygens (including phenoxy) is 1. The van der Waals surface area contributed by atoms with E-state index in [1.165, 1.54) is 12.8 Å².